The Balaban J connectivity index is 3.00. The quantitative estimate of drug-likeness (QED) is 0.586. The van der Waals surface area contributed by atoms with Gasteiger partial charge in [-0.3, -0.25) is 9.59 Å². The van der Waals surface area contributed by atoms with Crippen molar-refractivity contribution in [2.45, 2.75) is 32.1 Å². The molecule has 0 spiro atoms. The smallest absolute Gasteiger partial charge is 0.323 e. The molecule has 0 aromatic rings. The minimum absolute atomic E-state index is 0.0698. The van der Waals surface area contributed by atoms with Gasteiger partial charge in [0.15, 0.2) is 5.41 Å². The molecule has 1 fully saturated rings. The van der Waals surface area contributed by atoms with Crippen LogP contribution in [-0.4, -0.2) is 36.2 Å². The van der Waals surface area contributed by atoms with Crippen molar-refractivity contribution in [1.29, 1.82) is 0 Å². The van der Waals surface area contributed by atoms with Crippen LogP contribution in [0.5, 0.6) is 0 Å². The molecule has 0 aromatic heterocycles. The first kappa shape index (κ1) is 14.4. The number of carboxylic acids is 1. The summed E-state index contributed by atoms with van der Waals surface area (Å²) in [6, 6.07) is 0. The SMILES string of the molecule is COC(=O)C(CCSC)(C(=O)O)C1CCCC1. The largest absolute Gasteiger partial charge is 0.480 e. The van der Waals surface area contributed by atoms with E-state index in [0.29, 0.717) is 12.2 Å². The minimum atomic E-state index is -1.33. The highest BCUT2D eigenvalue weighted by Gasteiger charge is 2.53. The summed E-state index contributed by atoms with van der Waals surface area (Å²) in [5.74, 6) is -1.01. The number of carboxylic acid groups (broad SMARTS) is 1. The molecule has 17 heavy (non-hydrogen) atoms. The summed E-state index contributed by atoms with van der Waals surface area (Å²) >= 11 is 1.56. The van der Waals surface area contributed by atoms with Crippen molar-refractivity contribution in [2.24, 2.45) is 11.3 Å². The zero-order chi connectivity index (χ0) is 12.9. The third kappa shape index (κ3) is 2.76. The van der Waals surface area contributed by atoms with Crippen molar-refractivity contribution in [3.63, 3.8) is 0 Å². The van der Waals surface area contributed by atoms with E-state index in [0.717, 1.165) is 25.7 Å². The van der Waals surface area contributed by atoms with E-state index in [4.69, 9.17) is 4.74 Å². The third-order valence-electron chi connectivity index (χ3n) is 3.68. The molecule has 1 unspecified atom stereocenters. The molecule has 0 saturated heterocycles. The minimum Gasteiger partial charge on any atom is -0.480 e. The number of carbonyl (C=O) groups excluding carboxylic acids is 1. The average Bonchev–Trinajstić information content (AvgIpc) is 2.83. The predicted octanol–water partition coefficient (Wildman–Crippen LogP) is 2.17. The van der Waals surface area contributed by atoms with E-state index >= 15 is 0 Å². The van der Waals surface area contributed by atoms with Gasteiger partial charge in [0.05, 0.1) is 7.11 Å². The first-order chi connectivity index (χ1) is 8.09. The highest BCUT2D eigenvalue weighted by atomic mass is 32.2. The van der Waals surface area contributed by atoms with E-state index in [-0.39, 0.29) is 5.92 Å². The monoisotopic (exact) mass is 260 g/mol. The molecule has 0 radical (unpaired) electrons. The van der Waals surface area contributed by atoms with Gasteiger partial charge in [-0.1, -0.05) is 12.8 Å². The van der Waals surface area contributed by atoms with Crippen LogP contribution in [0.3, 0.4) is 0 Å². The van der Waals surface area contributed by atoms with Gasteiger partial charge < -0.3 is 9.84 Å². The lowest BCUT2D eigenvalue weighted by Gasteiger charge is -2.32. The molecule has 4 nitrogen and oxygen atoms in total. The van der Waals surface area contributed by atoms with Gasteiger partial charge in [-0.2, -0.15) is 11.8 Å². The molecule has 5 heteroatoms. The second-order valence-corrected chi connectivity index (χ2v) is 5.48. The van der Waals surface area contributed by atoms with Crippen molar-refractivity contribution < 1.29 is 19.4 Å². The first-order valence-corrected chi connectivity index (χ1v) is 7.29. The molecule has 1 rings (SSSR count). The Morgan fingerprint density at radius 2 is 2.00 bits per heavy atom. The van der Waals surface area contributed by atoms with Crippen molar-refractivity contribution in [1.82, 2.24) is 0 Å². The Kier molecular flexibility index (Phi) is 5.31. The Bertz CT molecular complexity index is 286. The van der Waals surface area contributed by atoms with Gasteiger partial charge in [0.1, 0.15) is 0 Å². The summed E-state index contributed by atoms with van der Waals surface area (Å²) in [4.78, 5) is 23.6. The topological polar surface area (TPSA) is 63.6 Å². The summed E-state index contributed by atoms with van der Waals surface area (Å²) in [7, 11) is 1.27. The molecule has 1 aliphatic rings. The third-order valence-corrected chi connectivity index (χ3v) is 4.30. The molecule has 1 atom stereocenters. The van der Waals surface area contributed by atoms with Crippen LogP contribution in [0.4, 0.5) is 0 Å². The predicted molar refractivity (Wildman–Crippen MR) is 67.0 cm³/mol. The fourth-order valence-electron chi connectivity index (χ4n) is 2.71. The second-order valence-electron chi connectivity index (χ2n) is 4.49. The van der Waals surface area contributed by atoms with Gasteiger partial charge in [0.2, 0.25) is 0 Å². The van der Waals surface area contributed by atoms with Crippen LogP contribution in [0.15, 0.2) is 0 Å². The Morgan fingerprint density at radius 1 is 1.41 bits per heavy atom. The maximum atomic E-state index is 12.0. The first-order valence-electron chi connectivity index (χ1n) is 5.90. The highest BCUT2D eigenvalue weighted by Crippen LogP contribution is 2.44. The van der Waals surface area contributed by atoms with Gasteiger partial charge in [-0.15, -0.1) is 0 Å². The molecule has 1 N–H and O–H groups in total. The molecule has 98 valence electrons. The maximum Gasteiger partial charge on any atom is 0.323 e. The number of hydrogen-bond donors (Lipinski definition) is 1. The number of hydrogen-bond acceptors (Lipinski definition) is 4. The average molecular weight is 260 g/mol. The lowest BCUT2D eigenvalue weighted by molar-refractivity contribution is -0.171. The number of esters is 1. The van der Waals surface area contributed by atoms with Crippen LogP contribution >= 0.6 is 11.8 Å². The fraction of sp³-hybridized carbons (Fsp3) is 0.833. The Morgan fingerprint density at radius 3 is 2.41 bits per heavy atom. The van der Waals surface area contributed by atoms with Crippen molar-refractivity contribution >= 4 is 23.7 Å². The number of rotatable bonds is 6. The number of ether oxygens (including phenoxy) is 1. The van der Waals surface area contributed by atoms with E-state index < -0.39 is 17.4 Å². The Hall–Kier alpha value is -0.710. The van der Waals surface area contributed by atoms with Gasteiger partial charge in [0.25, 0.3) is 0 Å². The summed E-state index contributed by atoms with van der Waals surface area (Å²) in [5, 5.41) is 9.50. The molecule has 0 aromatic carbocycles. The summed E-state index contributed by atoms with van der Waals surface area (Å²) in [5.41, 5.74) is -1.33. The van der Waals surface area contributed by atoms with Gasteiger partial charge in [-0.05, 0) is 37.2 Å². The maximum absolute atomic E-state index is 12.0. The number of carbonyl (C=O) groups is 2. The van der Waals surface area contributed by atoms with E-state index in [2.05, 4.69) is 0 Å². The highest BCUT2D eigenvalue weighted by molar-refractivity contribution is 7.98. The van der Waals surface area contributed by atoms with Crippen LogP contribution in [0, 0.1) is 11.3 Å². The summed E-state index contributed by atoms with van der Waals surface area (Å²) in [6.07, 6.45) is 5.93. The number of methoxy groups -OCH3 is 1. The lowest BCUT2D eigenvalue weighted by Crippen LogP contribution is -2.46. The molecule has 0 amide bonds. The lowest BCUT2D eigenvalue weighted by atomic mass is 9.72. The zero-order valence-electron chi connectivity index (χ0n) is 10.4. The van der Waals surface area contributed by atoms with E-state index in [1.54, 1.807) is 11.8 Å². The van der Waals surface area contributed by atoms with Crippen LogP contribution in [-0.2, 0) is 14.3 Å². The van der Waals surface area contributed by atoms with Crippen molar-refractivity contribution in [2.75, 3.05) is 19.1 Å². The summed E-state index contributed by atoms with van der Waals surface area (Å²) in [6.45, 7) is 0. The van der Waals surface area contributed by atoms with E-state index in [1.807, 2.05) is 6.26 Å². The molecular weight excluding hydrogens is 240 g/mol. The molecular formula is C12H20O4S. The number of thioether (sulfide) groups is 1. The second kappa shape index (κ2) is 6.28. The van der Waals surface area contributed by atoms with Gasteiger partial charge in [-0.25, -0.2) is 0 Å². The van der Waals surface area contributed by atoms with Gasteiger partial charge in [0, 0.05) is 0 Å². The fourth-order valence-corrected chi connectivity index (χ4v) is 3.23. The molecule has 0 bridgehead atoms. The standard InChI is InChI=1S/C12H20O4S/c1-16-11(15)12(10(13)14,7-8-17-2)9-5-3-4-6-9/h9H,3-8H2,1-2H3,(H,13,14). The van der Waals surface area contributed by atoms with Crippen molar-refractivity contribution in [3.8, 4) is 0 Å². The molecule has 0 heterocycles. The van der Waals surface area contributed by atoms with Crippen LogP contribution in [0.25, 0.3) is 0 Å². The van der Waals surface area contributed by atoms with Gasteiger partial charge >= 0.3 is 11.9 Å². The van der Waals surface area contributed by atoms with E-state index in [1.165, 1.54) is 7.11 Å². The molecule has 0 aliphatic heterocycles. The normalized spacial score (nSPS) is 19.9. The Labute approximate surface area is 106 Å². The van der Waals surface area contributed by atoms with Crippen LogP contribution in [0.1, 0.15) is 32.1 Å². The zero-order valence-corrected chi connectivity index (χ0v) is 11.2. The number of aliphatic carboxylic acids is 1. The molecule has 1 saturated carbocycles. The van der Waals surface area contributed by atoms with E-state index in [9.17, 15) is 14.7 Å². The van der Waals surface area contributed by atoms with Crippen LogP contribution < -0.4 is 0 Å². The van der Waals surface area contributed by atoms with Crippen LogP contribution in [0.2, 0.25) is 0 Å². The molecule has 1 aliphatic carbocycles. The summed E-state index contributed by atoms with van der Waals surface area (Å²) < 4.78 is 4.76. The van der Waals surface area contributed by atoms with Crippen molar-refractivity contribution in [3.05, 3.63) is 0 Å².